The predicted octanol–water partition coefficient (Wildman–Crippen LogP) is 1.26. The maximum Gasteiger partial charge on any atom is 0.0910 e. The highest BCUT2D eigenvalue weighted by molar-refractivity contribution is 7.81. The van der Waals surface area contributed by atoms with E-state index in [1.165, 1.54) is 0 Å². The second-order valence-corrected chi connectivity index (χ2v) is 4.16. The molecule has 1 atom stereocenters. The number of hydrogen-bond acceptors (Lipinski definition) is 1. The van der Waals surface area contributed by atoms with Gasteiger partial charge in [0.25, 0.3) is 0 Å². The van der Waals surface area contributed by atoms with E-state index in [1.54, 1.807) is 6.26 Å². The Bertz CT molecular complexity index is 114. The van der Waals surface area contributed by atoms with Crippen LogP contribution in [0.2, 0.25) is 0 Å². The van der Waals surface area contributed by atoms with Crippen LogP contribution < -0.4 is 0 Å². The third-order valence-electron chi connectivity index (χ3n) is 1.29. The molecule has 3 heteroatoms. The van der Waals surface area contributed by atoms with Crippen LogP contribution in [0.4, 0.5) is 0 Å². The molecule has 62 valence electrons. The summed E-state index contributed by atoms with van der Waals surface area (Å²) < 4.78 is 12.9. The summed E-state index contributed by atoms with van der Waals surface area (Å²) >= 11 is 0. The molecule has 0 aliphatic heterocycles. The van der Waals surface area contributed by atoms with Crippen molar-refractivity contribution < 1.29 is 4.21 Å². The minimum absolute atomic E-state index is 0.601. The minimum Gasteiger partial charge on any atom is -0.243 e. The molecule has 0 heterocycles. The molecule has 10 heavy (non-hydrogen) atoms. The van der Waals surface area contributed by atoms with Crippen LogP contribution in [-0.4, -0.2) is 27.9 Å². The van der Waals surface area contributed by atoms with Crippen molar-refractivity contribution in [3.63, 3.8) is 0 Å². The van der Waals surface area contributed by atoms with Crippen LogP contribution >= 0.6 is 0 Å². The van der Waals surface area contributed by atoms with Gasteiger partial charge in [0.2, 0.25) is 0 Å². The van der Waals surface area contributed by atoms with Gasteiger partial charge in [-0.3, -0.25) is 0 Å². The maximum absolute atomic E-state index is 10.9. The summed E-state index contributed by atoms with van der Waals surface area (Å²) in [5.74, 6) is 0.601. The summed E-state index contributed by atoms with van der Waals surface area (Å²) in [4.78, 5) is 0. The predicted molar refractivity (Wildman–Crippen MR) is 46.2 cm³/mol. The SMILES string of the molecule is CCN(CC(C)C)S(C)=O. The van der Waals surface area contributed by atoms with Crippen LogP contribution in [0.15, 0.2) is 0 Å². The van der Waals surface area contributed by atoms with Crippen molar-refractivity contribution in [2.24, 2.45) is 5.92 Å². The fourth-order valence-corrected chi connectivity index (χ4v) is 1.69. The van der Waals surface area contributed by atoms with Gasteiger partial charge in [-0.1, -0.05) is 20.8 Å². The van der Waals surface area contributed by atoms with Crippen molar-refractivity contribution in [2.45, 2.75) is 20.8 Å². The molecule has 0 saturated heterocycles. The van der Waals surface area contributed by atoms with Gasteiger partial charge in [-0.15, -0.1) is 0 Å². The van der Waals surface area contributed by atoms with E-state index in [0.29, 0.717) is 5.92 Å². The maximum atomic E-state index is 10.9. The Morgan fingerprint density at radius 3 is 2.10 bits per heavy atom. The van der Waals surface area contributed by atoms with Crippen molar-refractivity contribution in [1.29, 1.82) is 0 Å². The highest BCUT2D eigenvalue weighted by Crippen LogP contribution is 1.99. The molecule has 0 rings (SSSR count). The largest absolute Gasteiger partial charge is 0.243 e. The monoisotopic (exact) mass is 163 g/mol. The normalized spacial score (nSPS) is 14.6. The summed E-state index contributed by atoms with van der Waals surface area (Å²) in [6.07, 6.45) is 1.73. The first kappa shape index (κ1) is 10.1. The molecule has 0 radical (unpaired) electrons. The molecule has 0 amide bonds. The highest BCUT2D eigenvalue weighted by atomic mass is 32.2. The van der Waals surface area contributed by atoms with Gasteiger partial charge in [0.15, 0.2) is 0 Å². The highest BCUT2D eigenvalue weighted by Gasteiger charge is 2.06. The summed E-state index contributed by atoms with van der Waals surface area (Å²) in [6.45, 7) is 8.11. The zero-order valence-corrected chi connectivity index (χ0v) is 8.07. The standard InChI is InChI=1S/C7H17NOS/c1-5-8(10(4)9)6-7(2)3/h7H,5-6H2,1-4H3. The topological polar surface area (TPSA) is 20.3 Å². The fourth-order valence-electron chi connectivity index (χ4n) is 0.823. The molecule has 0 aliphatic rings. The molecule has 0 fully saturated rings. The second-order valence-electron chi connectivity index (χ2n) is 2.80. The van der Waals surface area contributed by atoms with E-state index in [-0.39, 0.29) is 0 Å². The quantitative estimate of drug-likeness (QED) is 0.611. The Labute approximate surface area is 66.2 Å². The van der Waals surface area contributed by atoms with E-state index < -0.39 is 11.0 Å². The van der Waals surface area contributed by atoms with Crippen molar-refractivity contribution in [2.75, 3.05) is 19.3 Å². The molecule has 0 bridgehead atoms. The Hall–Kier alpha value is 0.110. The summed E-state index contributed by atoms with van der Waals surface area (Å²) in [7, 11) is -0.791. The first-order valence-corrected chi connectivity index (χ1v) is 5.17. The molecule has 0 saturated carbocycles. The van der Waals surface area contributed by atoms with E-state index in [0.717, 1.165) is 13.1 Å². The first-order chi connectivity index (χ1) is 4.57. The van der Waals surface area contributed by atoms with Crippen LogP contribution in [-0.2, 0) is 11.0 Å². The van der Waals surface area contributed by atoms with Crippen molar-refractivity contribution in [3.8, 4) is 0 Å². The fraction of sp³-hybridized carbons (Fsp3) is 1.00. The zero-order valence-electron chi connectivity index (χ0n) is 7.26. The van der Waals surface area contributed by atoms with Gasteiger partial charge in [-0.25, -0.2) is 8.51 Å². The summed E-state index contributed by atoms with van der Waals surface area (Å²) in [5.41, 5.74) is 0. The number of nitrogens with zero attached hydrogens (tertiary/aromatic N) is 1. The van der Waals surface area contributed by atoms with E-state index in [4.69, 9.17) is 0 Å². The minimum atomic E-state index is -0.791. The molecule has 0 aromatic carbocycles. The lowest BCUT2D eigenvalue weighted by Gasteiger charge is -2.18. The molecule has 2 nitrogen and oxygen atoms in total. The van der Waals surface area contributed by atoms with Crippen LogP contribution in [0.3, 0.4) is 0 Å². The zero-order chi connectivity index (χ0) is 8.15. The number of hydrogen-bond donors (Lipinski definition) is 0. The van der Waals surface area contributed by atoms with Crippen LogP contribution in [0.1, 0.15) is 20.8 Å². The van der Waals surface area contributed by atoms with Gasteiger partial charge in [-0.05, 0) is 5.92 Å². The Morgan fingerprint density at radius 2 is 2.00 bits per heavy atom. The van der Waals surface area contributed by atoms with Crippen molar-refractivity contribution >= 4 is 11.0 Å². The van der Waals surface area contributed by atoms with Gasteiger partial charge < -0.3 is 0 Å². The Balaban J connectivity index is 3.72. The third-order valence-corrected chi connectivity index (χ3v) is 2.42. The van der Waals surface area contributed by atoms with Crippen molar-refractivity contribution in [3.05, 3.63) is 0 Å². The summed E-state index contributed by atoms with van der Waals surface area (Å²) in [6, 6.07) is 0. The van der Waals surface area contributed by atoms with Crippen LogP contribution in [0.5, 0.6) is 0 Å². The van der Waals surface area contributed by atoms with Crippen molar-refractivity contribution in [1.82, 2.24) is 4.31 Å². The van der Waals surface area contributed by atoms with Gasteiger partial charge in [0.1, 0.15) is 0 Å². The third kappa shape index (κ3) is 4.01. The van der Waals surface area contributed by atoms with Gasteiger partial charge in [0.05, 0.1) is 11.0 Å². The van der Waals surface area contributed by atoms with Crippen LogP contribution in [0, 0.1) is 5.92 Å². The Morgan fingerprint density at radius 1 is 1.50 bits per heavy atom. The molecular formula is C7H17NOS. The molecule has 0 spiro atoms. The van der Waals surface area contributed by atoms with Gasteiger partial charge in [-0.2, -0.15) is 0 Å². The molecule has 0 N–H and O–H groups in total. The smallest absolute Gasteiger partial charge is 0.0910 e. The van der Waals surface area contributed by atoms with E-state index in [1.807, 2.05) is 11.2 Å². The van der Waals surface area contributed by atoms with E-state index in [9.17, 15) is 4.21 Å². The van der Waals surface area contributed by atoms with Crippen LogP contribution in [0.25, 0.3) is 0 Å². The summed E-state index contributed by atoms with van der Waals surface area (Å²) in [5, 5.41) is 0. The molecule has 0 aromatic heterocycles. The lowest BCUT2D eigenvalue weighted by Crippen LogP contribution is -2.28. The average Bonchev–Trinajstić information content (AvgIpc) is 1.81. The average molecular weight is 163 g/mol. The number of rotatable bonds is 4. The molecule has 1 unspecified atom stereocenters. The van der Waals surface area contributed by atoms with Gasteiger partial charge >= 0.3 is 0 Å². The van der Waals surface area contributed by atoms with E-state index >= 15 is 0 Å². The molecular weight excluding hydrogens is 146 g/mol. The lowest BCUT2D eigenvalue weighted by molar-refractivity contribution is 0.407. The van der Waals surface area contributed by atoms with E-state index in [2.05, 4.69) is 13.8 Å². The van der Waals surface area contributed by atoms with Gasteiger partial charge in [0, 0.05) is 19.3 Å². The second kappa shape index (κ2) is 4.85. The Kier molecular flexibility index (Phi) is 4.91. The molecule has 0 aliphatic carbocycles. The lowest BCUT2D eigenvalue weighted by atomic mass is 10.2. The molecule has 0 aromatic rings. The first-order valence-electron chi connectivity index (χ1n) is 3.66.